The predicted octanol–water partition coefficient (Wildman–Crippen LogP) is 5.13. The van der Waals surface area contributed by atoms with Gasteiger partial charge in [-0.05, 0) is 78.5 Å². The molecule has 0 saturated heterocycles. The van der Waals surface area contributed by atoms with E-state index in [0.29, 0.717) is 15.9 Å². The fourth-order valence-corrected chi connectivity index (χ4v) is 3.49. The summed E-state index contributed by atoms with van der Waals surface area (Å²) in [6.45, 7) is 1.98. The molecule has 18 heavy (non-hydrogen) atoms. The van der Waals surface area contributed by atoms with Crippen LogP contribution in [0.1, 0.15) is 15.9 Å². The smallest absolute Gasteiger partial charge is 0.260 e. The zero-order chi connectivity index (χ0) is 13.3. The van der Waals surface area contributed by atoms with Gasteiger partial charge < -0.3 is 9.73 Å². The largest absolute Gasteiger partial charge is 0.457 e. The molecule has 1 aromatic carbocycles. The van der Waals surface area contributed by atoms with Crippen molar-refractivity contribution in [2.24, 2.45) is 0 Å². The summed E-state index contributed by atoms with van der Waals surface area (Å²) in [6, 6.07) is 5.48. The van der Waals surface area contributed by atoms with Gasteiger partial charge in [-0.3, -0.25) is 4.79 Å². The maximum atomic E-state index is 12.0. The lowest BCUT2D eigenvalue weighted by atomic mass is 10.2. The Morgan fingerprint density at radius 1 is 1.22 bits per heavy atom. The third-order valence-corrected chi connectivity index (χ3v) is 4.15. The Morgan fingerprint density at radius 2 is 1.83 bits per heavy atom. The number of nitrogens with one attached hydrogen (secondary N) is 1. The Hall–Kier alpha value is -0.590. The van der Waals surface area contributed by atoms with Gasteiger partial charge in [-0.2, -0.15) is 0 Å². The van der Waals surface area contributed by atoms with Crippen molar-refractivity contribution in [1.29, 1.82) is 0 Å². The lowest BCUT2D eigenvalue weighted by Gasteiger charge is -2.10. The first-order valence-electron chi connectivity index (χ1n) is 4.99. The molecule has 0 unspecified atom stereocenters. The van der Waals surface area contributed by atoms with Crippen molar-refractivity contribution in [2.45, 2.75) is 6.92 Å². The van der Waals surface area contributed by atoms with Gasteiger partial charge in [0.1, 0.15) is 0 Å². The van der Waals surface area contributed by atoms with Crippen molar-refractivity contribution in [1.82, 2.24) is 0 Å². The minimum absolute atomic E-state index is 0.235. The molecule has 0 aliphatic carbocycles. The molecular weight excluding hydrogens is 430 g/mol. The molecule has 0 aliphatic rings. The SMILES string of the molecule is Cc1cc(Br)c(NC(=O)c2ccoc2Br)c(Br)c1. The van der Waals surface area contributed by atoms with Crippen LogP contribution < -0.4 is 5.32 Å². The van der Waals surface area contributed by atoms with E-state index >= 15 is 0 Å². The second kappa shape index (κ2) is 5.59. The summed E-state index contributed by atoms with van der Waals surface area (Å²) in [7, 11) is 0. The van der Waals surface area contributed by atoms with Gasteiger partial charge in [0.25, 0.3) is 5.91 Å². The van der Waals surface area contributed by atoms with Crippen LogP contribution in [0.2, 0.25) is 0 Å². The van der Waals surface area contributed by atoms with E-state index in [1.807, 2.05) is 19.1 Å². The highest BCUT2D eigenvalue weighted by Gasteiger charge is 2.15. The van der Waals surface area contributed by atoms with Crippen molar-refractivity contribution in [3.63, 3.8) is 0 Å². The first kappa shape index (κ1) is 13.8. The zero-order valence-electron chi connectivity index (χ0n) is 9.26. The molecule has 0 radical (unpaired) electrons. The van der Waals surface area contributed by atoms with Crippen LogP contribution in [0, 0.1) is 6.92 Å². The average Bonchev–Trinajstić information content (AvgIpc) is 2.69. The molecule has 0 bridgehead atoms. The van der Waals surface area contributed by atoms with E-state index in [-0.39, 0.29) is 5.91 Å². The van der Waals surface area contributed by atoms with Gasteiger partial charge in [0.15, 0.2) is 4.67 Å². The standard InChI is InChI=1S/C12H8Br3NO2/c1-6-4-8(13)10(9(14)5-6)16-12(17)7-2-3-18-11(7)15/h2-5H,1H3,(H,16,17). The second-order valence-corrected chi connectivity index (χ2v) is 6.09. The molecule has 1 aromatic heterocycles. The molecule has 3 nitrogen and oxygen atoms in total. The van der Waals surface area contributed by atoms with Crippen LogP contribution in [0.15, 0.2) is 42.5 Å². The summed E-state index contributed by atoms with van der Waals surface area (Å²) in [5.74, 6) is -0.235. The summed E-state index contributed by atoms with van der Waals surface area (Å²) in [6.07, 6.45) is 1.46. The summed E-state index contributed by atoms with van der Waals surface area (Å²) >= 11 is 10.0. The Kier molecular flexibility index (Phi) is 4.29. The van der Waals surface area contributed by atoms with Gasteiger partial charge in [-0.15, -0.1) is 0 Å². The quantitative estimate of drug-likeness (QED) is 0.707. The number of benzene rings is 1. The number of furan rings is 1. The maximum absolute atomic E-state index is 12.0. The molecule has 6 heteroatoms. The van der Waals surface area contributed by atoms with Gasteiger partial charge in [-0.1, -0.05) is 0 Å². The first-order valence-corrected chi connectivity index (χ1v) is 7.37. The number of carbonyl (C=O) groups excluding carboxylic acids is 1. The fraction of sp³-hybridized carbons (Fsp3) is 0.0833. The van der Waals surface area contributed by atoms with E-state index in [9.17, 15) is 4.79 Å². The highest BCUT2D eigenvalue weighted by Crippen LogP contribution is 2.33. The molecule has 2 rings (SSSR count). The fourth-order valence-electron chi connectivity index (χ4n) is 1.46. The molecule has 0 aliphatic heterocycles. The van der Waals surface area contributed by atoms with E-state index < -0.39 is 0 Å². The van der Waals surface area contributed by atoms with Gasteiger partial charge in [-0.25, -0.2) is 0 Å². The Balaban J connectivity index is 2.31. The number of amides is 1. The highest BCUT2D eigenvalue weighted by atomic mass is 79.9. The van der Waals surface area contributed by atoms with Crippen molar-refractivity contribution < 1.29 is 9.21 Å². The van der Waals surface area contributed by atoms with Gasteiger partial charge in [0.2, 0.25) is 0 Å². The lowest BCUT2D eigenvalue weighted by Crippen LogP contribution is -2.12. The molecule has 0 saturated carbocycles. The minimum Gasteiger partial charge on any atom is -0.457 e. The topological polar surface area (TPSA) is 42.2 Å². The molecule has 94 valence electrons. The summed E-state index contributed by atoms with van der Waals surface area (Å²) in [5, 5.41) is 2.83. The number of anilines is 1. The van der Waals surface area contributed by atoms with Crippen molar-refractivity contribution in [2.75, 3.05) is 5.32 Å². The monoisotopic (exact) mass is 435 g/mol. The molecular formula is C12H8Br3NO2. The molecule has 1 N–H and O–H groups in total. The van der Waals surface area contributed by atoms with Crippen LogP contribution in [0.3, 0.4) is 0 Å². The van der Waals surface area contributed by atoms with Gasteiger partial charge >= 0.3 is 0 Å². The number of hydrogen-bond donors (Lipinski definition) is 1. The third-order valence-electron chi connectivity index (χ3n) is 2.29. The molecule has 0 spiro atoms. The van der Waals surface area contributed by atoms with E-state index in [2.05, 4.69) is 53.1 Å². The molecule has 2 aromatic rings. The Morgan fingerprint density at radius 3 is 2.33 bits per heavy atom. The second-order valence-electron chi connectivity index (χ2n) is 3.67. The van der Waals surface area contributed by atoms with Crippen molar-refractivity contribution in [3.8, 4) is 0 Å². The summed E-state index contributed by atoms with van der Waals surface area (Å²) in [4.78, 5) is 12.0. The average molecular weight is 438 g/mol. The van der Waals surface area contributed by atoms with Crippen LogP contribution >= 0.6 is 47.8 Å². The number of carbonyl (C=O) groups is 1. The maximum Gasteiger partial charge on any atom is 0.260 e. The van der Waals surface area contributed by atoms with Crippen molar-refractivity contribution in [3.05, 3.63) is 49.2 Å². The number of hydrogen-bond acceptors (Lipinski definition) is 2. The summed E-state index contributed by atoms with van der Waals surface area (Å²) in [5.41, 5.74) is 2.24. The highest BCUT2D eigenvalue weighted by molar-refractivity contribution is 9.11. The van der Waals surface area contributed by atoms with Gasteiger partial charge in [0, 0.05) is 8.95 Å². The van der Waals surface area contributed by atoms with E-state index in [4.69, 9.17) is 4.42 Å². The van der Waals surface area contributed by atoms with Crippen LogP contribution in [-0.2, 0) is 0 Å². The van der Waals surface area contributed by atoms with Gasteiger partial charge in [0.05, 0.1) is 17.5 Å². The van der Waals surface area contributed by atoms with Crippen molar-refractivity contribution >= 4 is 59.4 Å². The zero-order valence-corrected chi connectivity index (χ0v) is 14.0. The third kappa shape index (κ3) is 2.87. The predicted molar refractivity (Wildman–Crippen MR) is 80.9 cm³/mol. The summed E-state index contributed by atoms with van der Waals surface area (Å²) < 4.78 is 7.09. The van der Waals surface area contributed by atoms with E-state index in [0.717, 1.165) is 14.5 Å². The lowest BCUT2D eigenvalue weighted by molar-refractivity contribution is 0.102. The minimum atomic E-state index is -0.235. The Labute approximate surface area is 129 Å². The number of halogens is 3. The van der Waals surface area contributed by atoms with Crippen LogP contribution in [-0.4, -0.2) is 5.91 Å². The number of aryl methyl sites for hydroxylation is 1. The van der Waals surface area contributed by atoms with E-state index in [1.54, 1.807) is 6.07 Å². The molecule has 1 heterocycles. The van der Waals surface area contributed by atoms with Crippen LogP contribution in [0.5, 0.6) is 0 Å². The number of rotatable bonds is 2. The van der Waals surface area contributed by atoms with Crippen LogP contribution in [0.4, 0.5) is 5.69 Å². The molecule has 0 fully saturated rings. The van der Waals surface area contributed by atoms with Crippen LogP contribution in [0.25, 0.3) is 0 Å². The normalized spacial score (nSPS) is 10.4. The van der Waals surface area contributed by atoms with E-state index in [1.165, 1.54) is 6.26 Å². The first-order chi connectivity index (χ1) is 8.49. The Bertz CT molecular complexity index is 584. The molecule has 0 atom stereocenters. The molecule has 1 amide bonds.